The van der Waals surface area contributed by atoms with Crippen molar-refractivity contribution in [1.82, 2.24) is 0 Å². The maximum absolute atomic E-state index is 12.0. The number of aryl methyl sites for hydroxylation is 1. The normalized spacial score (nSPS) is 9.50. The van der Waals surface area contributed by atoms with Crippen molar-refractivity contribution in [1.29, 1.82) is 0 Å². The first-order chi connectivity index (χ1) is 7.41. The molecule has 0 spiro atoms. The minimum absolute atomic E-state index is 0.122. The molecule has 1 N–H and O–H groups in total. The molecule has 0 fully saturated rings. The molecular formula is C12H19F3O. The first-order valence-corrected chi connectivity index (χ1v) is 5.28. The summed E-state index contributed by atoms with van der Waals surface area (Å²) in [5.41, 5.74) is -0.511. The van der Waals surface area contributed by atoms with E-state index in [4.69, 9.17) is 5.11 Å². The van der Waals surface area contributed by atoms with Crippen molar-refractivity contribution in [2.24, 2.45) is 0 Å². The lowest BCUT2D eigenvalue weighted by Gasteiger charge is -2.07. The molecular weight excluding hydrogens is 217 g/mol. The summed E-state index contributed by atoms with van der Waals surface area (Å²) in [6, 6.07) is 2.80. The second-order valence-corrected chi connectivity index (χ2v) is 2.50. The maximum Gasteiger partial charge on any atom is 0.416 e. The van der Waals surface area contributed by atoms with Crippen molar-refractivity contribution >= 4 is 0 Å². The zero-order chi connectivity index (χ0) is 13.4. The number of hydrogen-bond acceptors (Lipinski definition) is 1. The maximum atomic E-state index is 12.0. The molecule has 0 radical (unpaired) electrons. The first kappa shape index (κ1) is 17.2. The minimum Gasteiger partial charge on any atom is -0.508 e. The largest absolute Gasteiger partial charge is 0.508 e. The van der Waals surface area contributed by atoms with Gasteiger partial charge in [-0.3, -0.25) is 0 Å². The van der Waals surface area contributed by atoms with Gasteiger partial charge in [-0.25, -0.2) is 0 Å². The van der Waals surface area contributed by atoms with Crippen LogP contribution in [0, 0.1) is 6.92 Å². The van der Waals surface area contributed by atoms with Gasteiger partial charge < -0.3 is 5.11 Å². The van der Waals surface area contributed by atoms with E-state index in [2.05, 4.69) is 0 Å². The van der Waals surface area contributed by atoms with Crippen LogP contribution in [0.2, 0.25) is 0 Å². The molecule has 94 valence electrons. The molecule has 0 aromatic heterocycles. The predicted octanol–water partition coefficient (Wildman–Crippen LogP) is 4.77. The zero-order valence-electron chi connectivity index (χ0n) is 10.3. The molecule has 0 unspecified atom stereocenters. The number of alkyl halides is 3. The molecule has 0 aliphatic rings. The summed E-state index contributed by atoms with van der Waals surface area (Å²) in [7, 11) is 0. The van der Waals surface area contributed by atoms with E-state index in [1.807, 2.05) is 27.7 Å². The van der Waals surface area contributed by atoms with E-state index in [1.54, 1.807) is 0 Å². The second-order valence-electron chi connectivity index (χ2n) is 2.50. The van der Waals surface area contributed by atoms with Gasteiger partial charge >= 0.3 is 6.18 Å². The van der Waals surface area contributed by atoms with Crippen molar-refractivity contribution in [3.05, 3.63) is 29.3 Å². The number of rotatable bonds is 0. The quantitative estimate of drug-likeness (QED) is 0.687. The van der Waals surface area contributed by atoms with Gasteiger partial charge in [-0.15, -0.1) is 0 Å². The lowest BCUT2D eigenvalue weighted by Crippen LogP contribution is -2.04. The third kappa shape index (κ3) is 5.63. The number of hydrogen-bond donors (Lipinski definition) is 1. The molecule has 1 nitrogen and oxygen atoms in total. The molecule has 0 aliphatic heterocycles. The number of halogens is 3. The van der Waals surface area contributed by atoms with E-state index >= 15 is 0 Å². The molecule has 16 heavy (non-hydrogen) atoms. The van der Waals surface area contributed by atoms with Crippen LogP contribution in [0.25, 0.3) is 0 Å². The van der Waals surface area contributed by atoms with Gasteiger partial charge in [0.15, 0.2) is 0 Å². The standard InChI is InChI=1S/C8H7F3O.2C2H6/c1-5-4-6(8(9,10)11)2-3-7(5)12;2*1-2/h2-4,12H,1H3;2*1-2H3. The molecule has 0 bridgehead atoms. The van der Waals surface area contributed by atoms with E-state index in [0.717, 1.165) is 18.2 Å². The molecule has 0 saturated carbocycles. The summed E-state index contributed by atoms with van der Waals surface area (Å²) in [6.45, 7) is 9.42. The molecule has 0 amide bonds. The molecule has 0 atom stereocenters. The fourth-order valence-electron chi connectivity index (χ4n) is 0.832. The molecule has 1 rings (SSSR count). The highest BCUT2D eigenvalue weighted by Crippen LogP contribution is 2.31. The smallest absolute Gasteiger partial charge is 0.416 e. The highest BCUT2D eigenvalue weighted by Gasteiger charge is 2.30. The monoisotopic (exact) mass is 236 g/mol. The van der Waals surface area contributed by atoms with Gasteiger partial charge in [0.2, 0.25) is 0 Å². The number of benzene rings is 1. The Hall–Kier alpha value is -1.19. The van der Waals surface area contributed by atoms with E-state index in [1.165, 1.54) is 6.92 Å². The molecule has 1 aromatic carbocycles. The lowest BCUT2D eigenvalue weighted by atomic mass is 10.1. The summed E-state index contributed by atoms with van der Waals surface area (Å²) in [6.07, 6.45) is -4.33. The number of aromatic hydroxyl groups is 1. The van der Waals surface area contributed by atoms with Crippen molar-refractivity contribution in [3.63, 3.8) is 0 Å². The summed E-state index contributed by atoms with van der Waals surface area (Å²) in [5.74, 6) is -0.122. The Morgan fingerprint density at radius 1 is 1.00 bits per heavy atom. The molecule has 1 aromatic rings. The van der Waals surface area contributed by atoms with Crippen LogP contribution in [0.5, 0.6) is 5.75 Å². The van der Waals surface area contributed by atoms with Crippen molar-refractivity contribution < 1.29 is 18.3 Å². The van der Waals surface area contributed by atoms with Crippen LogP contribution in [0.4, 0.5) is 13.2 Å². The van der Waals surface area contributed by atoms with Crippen molar-refractivity contribution in [2.75, 3.05) is 0 Å². The summed E-state index contributed by atoms with van der Waals surface area (Å²) in [4.78, 5) is 0. The van der Waals surface area contributed by atoms with Crippen LogP contribution in [-0.4, -0.2) is 5.11 Å². The first-order valence-electron chi connectivity index (χ1n) is 5.28. The average Bonchev–Trinajstić information content (AvgIpc) is 2.26. The van der Waals surface area contributed by atoms with Gasteiger partial charge in [0.1, 0.15) is 5.75 Å². The fourth-order valence-corrected chi connectivity index (χ4v) is 0.832. The lowest BCUT2D eigenvalue weighted by molar-refractivity contribution is -0.137. The predicted molar refractivity (Wildman–Crippen MR) is 60.5 cm³/mol. The van der Waals surface area contributed by atoms with E-state index in [0.29, 0.717) is 0 Å². The molecule has 0 aliphatic carbocycles. The van der Waals surface area contributed by atoms with Gasteiger partial charge in [-0.05, 0) is 30.7 Å². The second kappa shape index (κ2) is 8.02. The van der Waals surface area contributed by atoms with Crippen molar-refractivity contribution in [3.8, 4) is 5.75 Å². The summed E-state index contributed by atoms with van der Waals surface area (Å²) in [5, 5.41) is 8.94. The minimum atomic E-state index is -4.33. The van der Waals surface area contributed by atoms with Gasteiger partial charge in [-0.1, -0.05) is 27.7 Å². The van der Waals surface area contributed by atoms with E-state index in [-0.39, 0.29) is 11.3 Å². The number of phenolic OH excluding ortho intramolecular Hbond substituents is 1. The Kier molecular flexibility index (Phi) is 8.63. The Bertz CT molecular complexity index is 293. The van der Waals surface area contributed by atoms with Gasteiger partial charge in [0, 0.05) is 0 Å². The fraction of sp³-hybridized carbons (Fsp3) is 0.500. The number of phenols is 1. The Morgan fingerprint density at radius 3 is 1.75 bits per heavy atom. The highest BCUT2D eigenvalue weighted by molar-refractivity contribution is 5.35. The summed E-state index contributed by atoms with van der Waals surface area (Å²) >= 11 is 0. The summed E-state index contributed by atoms with van der Waals surface area (Å²) < 4.78 is 36.1. The van der Waals surface area contributed by atoms with Gasteiger partial charge in [-0.2, -0.15) is 13.2 Å². The SMILES string of the molecule is CC.CC.Cc1cc(C(F)(F)F)ccc1O. The van der Waals surface area contributed by atoms with Gasteiger partial charge in [0.05, 0.1) is 5.56 Å². The third-order valence-electron chi connectivity index (χ3n) is 1.52. The zero-order valence-corrected chi connectivity index (χ0v) is 10.3. The van der Waals surface area contributed by atoms with Crippen molar-refractivity contribution in [2.45, 2.75) is 40.8 Å². The van der Waals surface area contributed by atoms with Crippen LogP contribution >= 0.6 is 0 Å². The van der Waals surface area contributed by atoms with Crippen LogP contribution in [-0.2, 0) is 6.18 Å². The van der Waals surface area contributed by atoms with Crippen LogP contribution in [0.3, 0.4) is 0 Å². The van der Waals surface area contributed by atoms with E-state index < -0.39 is 11.7 Å². The topological polar surface area (TPSA) is 20.2 Å². The molecule has 0 heterocycles. The van der Waals surface area contributed by atoms with Crippen LogP contribution in [0.1, 0.15) is 38.8 Å². The van der Waals surface area contributed by atoms with Gasteiger partial charge in [0.25, 0.3) is 0 Å². The Morgan fingerprint density at radius 2 is 1.44 bits per heavy atom. The van der Waals surface area contributed by atoms with Crippen LogP contribution in [0.15, 0.2) is 18.2 Å². The average molecular weight is 236 g/mol. The van der Waals surface area contributed by atoms with Crippen LogP contribution < -0.4 is 0 Å². The Labute approximate surface area is 94.9 Å². The molecule has 0 saturated heterocycles. The van der Waals surface area contributed by atoms with E-state index in [9.17, 15) is 13.2 Å². The highest BCUT2D eigenvalue weighted by atomic mass is 19.4. The third-order valence-corrected chi connectivity index (χ3v) is 1.52. The molecule has 4 heteroatoms. The Balaban J connectivity index is 0.